The van der Waals surface area contributed by atoms with Crippen LogP contribution in [0.25, 0.3) is 6.08 Å². The van der Waals surface area contributed by atoms with Crippen molar-refractivity contribution in [3.05, 3.63) is 62.5 Å². The summed E-state index contributed by atoms with van der Waals surface area (Å²) in [5, 5.41) is 0. The number of hydrogen-bond donors (Lipinski definition) is 0. The Morgan fingerprint density at radius 3 is 2.71 bits per heavy atom. The maximum atomic E-state index is 4.01. The number of allylic oxidation sites excluding steroid dienone is 3. The van der Waals surface area contributed by atoms with Gasteiger partial charge < -0.3 is 0 Å². The fourth-order valence-corrected chi connectivity index (χ4v) is 5.60. The summed E-state index contributed by atoms with van der Waals surface area (Å²) < 4.78 is 3.21. The van der Waals surface area contributed by atoms with Gasteiger partial charge in [-0.1, -0.05) is 0 Å². The van der Waals surface area contributed by atoms with E-state index in [2.05, 4.69) is 61.5 Å². The van der Waals surface area contributed by atoms with Gasteiger partial charge >= 0.3 is 116 Å². The average Bonchev–Trinajstić information content (AvgIpc) is 2.61. The van der Waals surface area contributed by atoms with E-state index in [1.165, 1.54) is 16.7 Å². The molecule has 1 aliphatic rings. The third kappa shape index (κ3) is 2.77. The van der Waals surface area contributed by atoms with Gasteiger partial charge in [-0.05, 0) is 0 Å². The van der Waals surface area contributed by atoms with Gasteiger partial charge in [0.2, 0.25) is 0 Å². The number of hydrogen-bond acceptors (Lipinski definition) is 0. The van der Waals surface area contributed by atoms with Crippen LogP contribution in [-0.4, -0.2) is 0 Å². The van der Waals surface area contributed by atoms with Crippen LogP contribution in [0.2, 0.25) is 0 Å². The van der Waals surface area contributed by atoms with Gasteiger partial charge in [0.25, 0.3) is 0 Å². The third-order valence-electron chi connectivity index (χ3n) is 3.29. The van der Waals surface area contributed by atoms with Crippen LogP contribution in [-0.2, 0) is 23.2 Å². The van der Waals surface area contributed by atoms with Crippen molar-refractivity contribution >= 4 is 6.08 Å². The molecule has 0 fully saturated rings. The van der Waals surface area contributed by atoms with E-state index in [0.29, 0.717) is 0 Å². The Bertz CT molecular complexity index is 506. The zero-order valence-corrected chi connectivity index (χ0v) is 13.2. The quantitative estimate of drug-likeness (QED) is 0.709. The van der Waals surface area contributed by atoms with Crippen molar-refractivity contribution < 1.29 is 23.2 Å². The summed E-state index contributed by atoms with van der Waals surface area (Å²) in [6.07, 6.45) is 2.35. The molecule has 1 heteroatoms. The summed E-state index contributed by atoms with van der Waals surface area (Å²) in [5.74, 6) is 0. The topological polar surface area (TPSA) is 0 Å². The van der Waals surface area contributed by atoms with Crippen LogP contribution >= 0.6 is 0 Å². The molecule has 86 valence electrons. The van der Waals surface area contributed by atoms with Crippen molar-refractivity contribution in [2.24, 2.45) is 0 Å². The Morgan fingerprint density at radius 2 is 2.00 bits per heavy atom. The summed E-state index contributed by atoms with van der Waals surface area (Å²) in [4.78, 5) is 0. The molecule has 1 aromatic rings. The molecule has 0 bridgehead atoms. The average molecular weight is 302 g/mol. The molecule has 0 radical (unpaired) electrons. The van der Waals surface area contributed by atoms with Gasteiger partial charge in [-0.3, -0.25) is 0 Å². The predicted octanol–water partition coefficient (Wildman–Crippen LogP) is 4.71. The summed E-state index contributed by atoms with van der Waals surface area (Å²) in [7, 11) is 0. The van der Waals surface area contributed by atoms with E-state index in [-0.39, 0.29) is 0 Å². The molecule has 0 aliphatic heterocycles. The molecule has 0 aromatic heterocycles. The fourth-order valence-electron chi connectivity index (χ4n) is 2.03. The molecule has 1 unspecified atom stereocenters. The molecule has 0 N–H and O–H groups in total. The van der Waals surface area contributed by atoms with Gasteiger partial charge in [-0.25, -0.2) is 0 Å². The molecular weight excluding hydrogens is 283 g/mol. The first-order valence-corrected chi connectivity index (χ1v) is 8.79. The fraction of sp³-hybridized carbons (Fsp3) is 0.250. The van der Waals surface area contributed by atoms with Crippen LogP contribution in [0.15, 0.2) is 51.3 Å². The normalized spacial score (nSPS) is 18.6. The van der Waals surface area contributed by atoms with Crippen molar-refractivity contribution in [3.63, 3.8) is 0 Å². The van der Waals surface area contributed by atoms with E-state index in [1.807, 2.05) is 0 Å². The van der Waals surface area contributed by atoms with E-state index in [4.69, 9.17) is 0 Å². The van der Waals surface area contributed by atoms with E-state index < -0.39 is 23.2 Å². The second kappa shape index (κ2) is 5.31. The van der Waals surface area contributed by atoms with E-state index in [9.17, 15) is 0 Å². The molecule has 1 aliphatic carbocycles. The molecule has 0 amide bonds. The molecule has 0 saturated carbocycles. The van der Waals surface area contributed by atoms with Crippen molar-refractivity contribution in [1.29, 1.82) is 0 Å². The Hall–Kier alpha value is -0.677. The first-order chi connectivity index (χ1) is 8.09. The standard InChI is InChI=1S/C10H9.C6H9.Zr/c1-8-6-9-4-2-3-5-10(9)7-8;1-5(2)6(3)4;/h2-7H,1H3;1H,3H2,2,4H3;. The molecule has 1 aromatic carbocycles. The predicted molar refractivity (Wildman–Crippen MR) is 71.4 cm³/mol. The van der Waals surface area contributed by atoms with Crippen molar-refractivity contribution in [3.8, 4) is 0 Å². The van der Waals surface area contributed by atoms with Crippen LogP contribution in [0, 0.1) is 0 Å². The van der Waals surface area contributed by atoms with Gasteiger partial charge in [0.05, 0.1) is 0 Å². The second-order valence-electron chi connectivity index (χ2n) is 4.72. The summed E-state index contributed by atoms with van der Waals surface area (Å²) in [6, 6.07) is 8.81. The molecule has 1 atom stereocenters. The van der Waals surface area contributed by atoms with Crippen LogP contribution in [0.5, 0.6) is 0 Å². The monoisotopic (exact) mass is 300 g/mol. The molecule has 2 rings (SSSR count). The van der Waals surface area contributed by atoms with E-state index >= 15 is 0 Å². The second-order valence-corrected chi connectivity index (χ2v) is 7.67. The molecule has 17 heavy (non-hydrogen) atoms. The van der Waals surface area contributed by atoms with Crippen molar-refractivity contribution in [2.45, 2.75) is 24.4 Å². The SMILES string of the molecule is C=C(C)C(C)=[CH][Zr][CH]1C(C)=Cc2ccccc21. The van der Waals surface area contributed by atoms with Gasteiger partial charge in [0.1, 0.15) is 0 Å². The molecule has 0 spiro atoms. The van der Waals surface area contributed by atoms with Crippen LogP contribution in [0.1, 0.15) is 35.5 Å². The van der Waals surface area contributed by atoms with Gasteiger partial charge in [0, 0.05) is 0 Å². The van der Waals surface area contributed by atoms with Crippen molar-refractivity contribution in [2.75, 3.05) is 0 Å². The van der Waals surface area contributed by atoms with Crippen LogP contribution in [0.3, 0.4) is 0 Å². The summed E-state index contributed by atoms with van der Waals surface area (Å²) in [5.41, 5.74) is 7.11. The first kappa shape index (κ1) is 12.8. The Morgan fingerprint density at radius 1 is 1.29 bits per heavy atom. The van der Waals surface area contributed by atoms with E-state index in [1.54, 1.807) is 11.1 Å². The molecule has 0 nitrogen and oxygen atoms in total. The number of rotatable bonds is 3. The third-order valence-corrected chi connectivity index (χ3v) is 7.46. The van der Waals surface area contributed by atoms with Crippen LogP contribution < -0.4 is 0 Å². The zero-order valence-electron chi connectivity index (χ0n) is 10.7. The van der Waals surface area contributed by atoms with Crippen LogP contribution in [0.4, 0.5) is 0 Å². The van der Waals surface area contributed by atoms with Gasteiger partial charge in [-0.2, -0.15) is 0 Å². The first-order valence-electron chi connectivity index (χ1n) is 5.95. The number of benzene rings is 1. The zero-order chi connectivity index (χ0) is 12.4. The Labute approximate surface area is 116 Å². The molecular formula is C16H18Zr. The summed E-state index contributed by atoms with van der Waals surface area (Å²) in [6.45, 7) is 10.6. The van der Waals surface area contributed by atoms with Crippen molar-refractivity contribution in [1.82, 2.24) is 0 Å². The number of fused-ring (bicyclic) bond motifs is 1. The molecule has 0 saturated heterocycles. The molecule has 0 heterocycles. The van der Waals surface area contributed by atoms with Gasteiger partial charge in [-0.15, -0.1) is 0 Å². The minimum absolute atomic E-state index is 0.548. The maximum absolute atomic E-state index is 4.01. The van der Waals surface area contributed by atoms with Gasteiger partial charge in [0.15, 0.2) is 0 Å². The Kier molecular flexibility index (Phi) is 3.99. The Balaban J connectivity index is 2.21. The van der Waals surface area contributed by atoms with E-state index in [0.717, 1.165) is 3.63 Å². The summed E-state index contributed by atoms with van der Waals surface area (Å²) >= 11 is -0.548. The minimum atomic E-state index is -0.548.